The number of amides is 1. The van der Waals surface area contributed by atoms with Crippen molar-refractivity contribution < 1.29 is 14.3 Å². The highest BCUT2D eigenvalue weighted by Gasteiger charge is 2.22. The predicted molar refractivity (Wildman–Crippen MR) is 91.3 cm³/mol. The number of carbonyl (C=O) groups excluding carboxylic acids is 1. The predicted octanol–water partition coefficient (Wildman–Crippen LogP) is 3.47. The lowest BCUT2D eigenvalue weighted by atomic mass is 10.0. The molecule has 4 nitrogen and oxygen atoms in total. The number of aryl methyl sites for hydroxylation is 1. The fourth-order valence-corrected chi connectivity index (χ4v) is 2.88. The van der Waals surface area contributed by atoms with E-state index in [-0.39, 0.29) is 11.7 Å². The van der Waals surface area contributed by atoms with Gasteiger partial charge in [0.1, 0.15) is 5.82 Å². The molecule has 0 saturated carbocycles. The summed E-state index contributed by atoms with van der Waals surface area (Å²) in [7, 11) is 0. The Morgan fingerprint density at radius 3 is 2.54 bits per heavy atom. The molecule has 1 heterocycles. The van der Waals surface area contributed by atoms with E-state index < -0.39 is 12.1 Å². The number of H-pyrrole nitrogens is 1. The number of aliphatic hydroxyl groups is 1. The molecule has 0 bridgehead atoms. The third-order valence-electron chi connectivity index (χ3n) is 4.16. The maximum absolute atomic E-state index is 13.0. The number of halogens is 1. The van der Waals surface area contributed by atoms with E-state index in [1.165, 1.54) is 24.3 Å². The molecule has 0 aliphatic heterocycles. The standard InChI is InChI=1S/C19H19FN2O2/c1-11-17(15-5-3-4-6-16(15)21-11)19(24)22-12(2)18(23)13-7-9-14(20)10-8-13/h3-10,12,18,21,23H,1-2H3,(H,22,24)/t12-,18-/m1/s1. The summed E-state index contributed by atoms with van der Waals surface area (Å²) in [6.45, 7) is 3.56. The lowest BCUT2D eigenvalue weighted by Gasteiger charge is -2.20. The van der Waals surface area contributed by atoms with Gasteiger partial charge in [0.2, 0.25) is 0 Å². The number of hydrogen-bond acceptors (Lipinski definition) is 2. The summed E-state index contributed by atoms with van der Waals surface area (Å²) in [5.41, 5.74) is 2.80. The Bertz CT molecular complexity index is 871. The number of rotatable bonds is 4. The maximum Gasteiger partial charge on any atom is 0.254 e. The Hall–Kier alpha value is -2.66. The van der Waals surface area contributed by atoms with Crippen LogP contribution in [0, 0.1) is 12.7 Å². The minimum absolute atomic E-state index is 0.251. The Kier molecular flexibility index (Phi) is 4.36. The Labute approximate surface area is 139 Å². The van der Waals surface area contributed by atoms with Gasteiger partial charge in [0, 0.05) is 16.6 Å². The number of carbonyl (C=O) groups is 1. The number of fused-ring (bicyclic) bond motifs is 1. The van der Waals surface area contributed by atoms with Gasteiger partial charge in [0.05, 0.1) is 17.7 Å². The number of benzene rings is 2. The van der Waals surface area contributed by atoms with E-state index >= 15 is 0 Å². The van der Waals surface area contributed by atoms with Crippen LogP contribution in [0.2, 0.25) is 0 Å². The largest absolute Gasteiger partial charge is 0.386 e. The zero-order valence-electron chi connectivity index (χ0n) is 13.5. The molecule has 1 amide bonds. The summed E-state index contributed by atoms with van der Waals surface area (Å²) in [5.74, 6) is -0.615. The van der Waals surface area contributed by atoms with Gasteiger partial charge in [-0.2, -0.15) is 0 Å². The van der Waals surface area contributed by atoms with Crippen LogP contribution in [0.15, 0.2) is 48.5 Å². The van der Waals surface area contributed by atoms with E-state index in [0.717, 1.165) is 16.6 Å². The highest BCUT2D eigenvalue weighted by atomic mass is 19.1. The Morgan fingerprint density at radius 2 is 1.83 bits per heavy atom. The molecule has 5 heteroatoms. The maximum atomic E-state index is 13.0. The quantitative estimate of drug-likeness (QED) is 0.687. The molecule has 0 saturated heterocycles. The molecule has 24 heavy (non-hydrogen) atoms. The first-order valence-electron chi connectivity index (χ1n) is 7.79. The molecule has 3 rings (SSSR count). The van der Waals surface area contributed by atoms with Gasteiger partial charge in [-0.1, -0.05) is 30.3 Å². The van der Waals surface area contributed by atoms with Crippen molar-refractivity contribution in [2.24, 2.45) is 0 Å². The van der Waals surface area contributed by atoms with Crippen LogP contribution in [0.25, 0.3) is 10.9 Å². The molecular weight excluding hydrogens is 307 g/mol. The molecule has 2 atom stereocenters. The highest BCUT2D eigenvalue weighted by molar-refractivity contribution is 6.08. The second kappa shape index (κ2) is 6.45. The van der Waals surface area contributed by atoms with Gasteiger partial charge >= 0.3 is 0 Å². The van der Waals surface area contributed by atoms with Crippen molar-refractivity contribution in [3.8, 4) is 0 Å². The van der Waals surface area contributed by atoms with Gasteiger partial charge in [-0.3, -0.25) is 4.79 Å². The molecular formula is C19H19FN2O2. The van der Waals surface area contributed by atoms with Crippen LogP contribution in [-0.2, 0) is 0 Å². The molecule has 3 N–H and O–H groups in total. The SMILES string of the molecule is Cc1[nH]c2ccccc2c1C(=O)N[C@H](C)[C@@H](O)c1ccc(F)cc1. The van der Waals surface area contributed by atoms with E-state index in [0.29, 0.717) is 11.1 Å². The summed E-state index contributed by atoms with van der Waals surface area (Å²) < 4.78 is 13.0. The first-order chi connectivity index (χ1) is 11.5. The van der Waals surface area contributed by atoms with Gasteiger partial charge in [-0.05, 0) is 37.6 Å². The molecule has 0 spiro atoms. The molecule has 0 aliphatic rings. The average Bonchev–Trinajstić information content (AvgIpc) is 2.90. The third-order valence-corrected chi connectivity index (χ3v) is 4.16. The molecule has 124 valence electrons. The van der Waals surface area contributed by atoms with Crippen LogP contribution in [-0.4, -0.2) is 22.0 Å². The van der Waals surface area contributed by atoms with Crippen LogP contribution in [0.4, 0.5) is 4.39 Å². The second-order valence-electron chi connectivity index (χ2n) is 5.93. The zero-order valence-corrected chi connectivity index (χ0v) is 13.5. The van der Waals surface area contributed by atoms with E-state index in [1.807, 2.05) is 31.2 Å². The minimum atomic E-state index is -0.917. The number of nitrogens with one attached hydrogen (secondary N) is 2. The minimum Gasteiger partial charge on any atom is -0.386 e. The second-order valence-corrected chi connectivity index (χ2v) is 5.93. The highest BCUT2D eigenvalue weighted by Crippen LogP contribution is 2.23. The van der Waals surface area contributed by atoms with Gasteiger partial charge in [-0.15, -0.1) is 0 Å². The van der Waals surface area contributed by atoms with Crippen LogP contribution in [0.3, 0.4) is 0 Å². The number of para-hydroxylation sites is 1. The molecule has 0 radical (unpaired) electrons. The summed E-state index contributed by atoms with van der Waals surface area (Å²) >= 11 is 0. The van der Waals surface area contributed by atoms with Crippen molar-refractivity contribution >= 4 is 16.8 Å². The van der Waals surface area contributed by atoms with Crippen molar-refractivity contribution in [2.45, 2.75) is 26.0 Å². The summed E-state index contributed by atoms with van der Waals surface area (Å²) in [5, 5.41) is 14.0. The van der Waals surface area contributed by atoms with E-state index in [4.69, 9.17) is 0 Å². The van der Waals surface area contributed by atoms with Gasteiger partial charge < -0.3 is 15.4 Å². The van der Waals surface area contributed by atoms with Crippen LogP contribution < -0.4 is 5.32 Å². The Balaban J connectivity index is 1.80. The van der Waals surface area contributed by atoms with E-state index in [1.54, 1.807) is 6.92 Å². The first-order valence-corrected chi connectivity index (χ1v) is 7.79. The smallest absolute Gasteiger partial charge is 0.254 e. The third kappa shape index (κ3) is 3.03. The lowest BCUT2D eigenvalue weighted by Crippen LogP contribution is -2.37. The zero-order chi connectivity index (χ0) is 17.3. The number of aromatic nitrogens is 1. The van der Waals surface area contributed by atoms with Crippen molar-refractivity contribution in [1.29, 1.82) is 0 Å². The molecule has 0 unspecified atom stereocenters. The van der Waals surface area contributed by atoms with Gasteiger partial charge in [-0.25, -0.2) is 4.39 Å². The number of aliphatic hydroxyl groups excluding tert-OH is 1. The van der Waals surface area contributed by atoms with Gasteiger partial charge in [0.25, 0.3) is 5.91 Å². The average molecular weight is 326 g/mol. The summed E-state index contributed by atoms with van der Waals surface area (Å²) in [6.07, 6.45) is -0.917. The van der Waals surface area contributed by atoms with E-state index in [2.05, 4.69) is 10.3 Å². The summed E-state index contributed by atoms with van der Waals surface area (Å²) in [4.78, 5) is 15.8. The first kappa shape index (κ1) is 16.2. The fraction of sp³-hybridized carbons (Fsp3) is 0.211. The van der Waals surface area contributed by atoms with E-state index in [9.17, 15) is 14.3 Å². The molecule has 2 aromatic carbocycles. The van der Waals surface area contributed by atoms with Crippen LogP contribution in [0.1, 0.15) is 34.6 Å². The monoisotopic (exact) mass is 326 g/mol. The normalized spacial score (nSPS) is 13.7. The van der Waals surface area contributed by atoms with Crippen LogP contribution in [0.5, 0.6) is 0 Å². The number of aromatic amines is 1. The van der Waals surface area contributed by atoms with Crippen molar-refractivity contribution in [3.63, 3.8) is 0 Å². The number of hydrogen-bond donors (Lipinski definition) is 3. The fourth-order valence-electron chi connectivity index (χ4n) is 2.88. The molecule has 0 aliphatic carbocycles. The topological polar surface area (TPSA) is 65.1 Å². The van der Waals surface area contributed by atoms with Crippen molar-refractivity contribution in [1.82, 2.24) is 10.3 Å². The molecule has 0 fully saturated rings. The van der Waals surface area contributed by atoms with Crippen molar-refractivity contribution in [2.75, 3.05) is 0 Å². The van der Waals surface area contributed by atoms with Crippen LogP contribution >= 0.6 is 0 Å². The van der Waals surface area contributed by atoms with Gasteiger partial charge in [0.15, 0.2) is 0 Å². The lowest BCUT2D eigenvalue weighted by molar-refractivity contribution is 0.0853. The summed E-state index contributed by atoms with van der Waals surface area (Å²) in [6, 6.07) is 12.7. The van der Waals surface area contributed by atoms with Crippen molar-refractivity contribution in [3.05, 3.63) is 71.2 Å². The molecule has 3 aromatic rings. The molecule has 1 aromatic heterocycles. The Morgan fingerprint density at radius 1 is 1.17 bits per heavy atom.